The molecule has 6 nitrogen and oxygen atoms in total. The third kappa shape index (κ3) is 4.36. The maximum Gasteiger partial charge on any atom is 0.407 e. The Morgan fingerprint density at radius 1 is 0.966 bits per heavy atom. The van der Waals surface area contributed by atoms with Crippen LogP contribution in [0.2, 0.25) is 0 Å². The summed E-state index contributed by atoms with van der Waals surface area (Å²) in [6.45, 7) is 3.40. The number of rotatable bonds is 5. The molecule has 3 atom stereocenters. The highest BCUT2D eigenvalue weighted by atomic mass is 16.5. The summed E-state index contributed by atoms with van der Waals surface area (Å²) in [7, 11) is 1.32. The van der Waals surface area contributed by atoms with Crippen LogP contribution in [0.1, 0.15) is 5.56 Å². The molecule has 2 fully saturated rings. The molecule has 0 bridgehead atoms. The van der Waals surface area contributed by atoms with Gasteiger partial charge in [0.15, 0.2) is 0 Å². The number of benzene rings is 2. The summed E-state index contributed by atoms with van der Waals surface area (Å²) in [5.74, 6) is 0.907. The topological polar surface area (TPSA) is 61.9 Å². The van der Waals surface area contributed by atoms with Gasteiger partial charge in [0.05, 0.1) is 7.11 Å². The van der Waals surface area contributed by atoms with Crippen LogP contribution in [-0.4, -0.2) is 56.2 Å². The van der Waals surface area contributed by atoms with Crippen molar-refractivity contribution in [3.63, 3.8) is 0 Å². The molecule has 6 heteroatoms. The first-order valence-corrected chi connectivity index (χ1v) is 10.1. The Hall–Kier alpha value is -3.02. The van der Waals surface area contributed by atoms with Crippen LogP contribution in [0, 0.1) is 11.8 Å². The lowest BCUT2D eigenvalue weighted by Gasteiger charge is -2.26. The second kappa shape index (κ2) is 8.55. The van der Waals surface area contributed by atoms with Crippen molar-refractivity contribution >= 4 is 17.7 Å². The Morgan fingerprint density at radius 3 is 2.14 bits per heavy atom. The average Bonchev–Trinajstić information content (AvgIpc) is 3.33. The van der Waals surface area contributed by atoms with Crippen molar-refractivity contribution in [1.29, 1.82) is 0 Å². The SMILES string of the molecule is COC(=O)NC(Cc1ccccc1)C(=O)N1CC2CN(c3ccccc3)CC2C1. The van der Waals surface area contributed by atoms with Crippen molar-refractivity contribution < 1.29 is 14.3 Å². The zero-order chi connectivity index (χ0) is 20.2. The molecule has 2 saturated heterocycles. The number of nitrogens with one attached hydrogen (secondary N) is 1. The number of nitrogens with zero attached hydrogens (tertiary/aromatic N) is 2. The van der Waals surface area contributed by atoms with Gasteiger partial charge < -0.3 is 19.9 Å². The van der Waals surface area contributed by atoms with E-state index in [4.69, 9.17) is 4.74 Å². The molecule has 152 valence electrons. The predicted octanol–water partition coefficient (Wildman–Crippen LogP) is 2.55. The van der Waals surface area contributed by atoms with Gasteiger partial charge in [0.1, 0.15) is 6.04 Å². The van der Waals surface area contributed by atoms with Crippen LogP contribution < -0.4 is 10.2 Å². The van der Waals surface area contributed by atoms with E-state index in [0.717, 1.165) is 31.7 Å². The number of anilines is 1. The first-order valence-electron chi connectivity index (χ1n) is 10.1. The number of para-hydroxylation sites is 1. The van der Waals surface area contributed by atoms with E-state index >= 15 is 0 Å². The molecule has 0 aromatic heterocycles. The van der Waals surface area contributed by atoms with E-state index in [0.29, 0.717) is 18.3 Å². The van der Waals surface area contributed by atoms with Crippen molar-refractivity contribution in [2.24, 2.45) is 11.8 Å². The van der Waals surface area contributed by atoms with Gasteiger partial charge >= 0.3 is 6.09 Å². The summed E-state index contributed by atoms with van der Waals surface area (Å²) in [4.78, 5) is 29.4. The summed E-state index contributed by atoms with van der Waals surface area (Å²) >= 11 is 0. The number of ether oxygens (including phenoxy) is 1. The minimum Gasteiger partial charge on any atom is -0.453 e. The van der Waals surface area contributed by atoms with Gasteiger partial charge in [-0.25, -0.2) is 4.79 Å². The zero-order valence-corrected chi connectivity index (χ0v) is 16.7. The Balaban J connectivity index is 1.41. The summed E-state index contributed by atoms with van der Waals surface area (Å²) < 4.78 is 4.74. The molecule has 0 saturated carbocycles. The molecule has 2 aromatic rings. The molecule has 1 N–H and O–H groups in total. The summed E-state index contributed by atoms with van der Waals surface area (Å²) in [6.07, 6.45) is -0.120. The molecule has 4 rings (SSSR count). The fourth-order valence-electron chi connectivity index (χ4n) is 4.49. The zero-order valence-electron chi connectivity index (χ0n) is 16.7. The van der Waals surface area contributed by atoms with Crippen molar-refractivity contribution in [2.75, 3.05) is 38.2 Å². The van der Waals surface area contributed by atoms with Gasteiger partial charge in [-0.1, -0.05) is 48.5 Å². The molecule has 2 aliphatic heterocycles. The lowest BCUT2D eigenvalue weighted by Crippen LogP contribution is -2.49. The van der Waals surface area contributed by atoms with E-state index in [2.05, 4.69) is 34.5 Å². The second-order valence-electron chi connectivity index (χ2n) is 7.88. The molecular formula is C23H27N3O3. The summed E-state index contributed by atoms with van der Waals surface area (Å²) in [6, 6.07) is 19.6. The van der Waals surface area contributed by atoms with Gasteiger partial charge in [0.25, 0.3) is 0 Å². The van der Waals surface area contributed by atoms with E-state index in [1.807, 2.05) is 41.3 Å². The third-order valence-corrected chi connectivity index (χ3v) is 5.98. The highest BCUT2D eigenvalue weighted by Crippen LogP contribution is 2.34. The van der Waals surface area contributed by atoms with Crippen LogP contribution in [0.25, 0.3) is 0 Å². The lowest BCUT2D eigenvalue weighted by atomic mass is 10.0. The summed E-state index contributed by atoms with van der Waals surface area (Å²) in [5, 5.41) is 2.73. The van der Waals surface area contributed by atoms with E-state index < -0.39 is 12.1 Å². The number of hydrogen-bond acceptors (Lipinski definition) is 4. The summed E-state index contributed by atoms with van der Waals surface area (Å²) in [5.41, 5.74) is 2.26. The minimum absolute atomic E-state index is 0.0279. The fourth-order valence-corrected chi connectivity index (χ4v) is 4.49. The van der Waals surface area contributed by atoms with Crippen molar-refractivity contribution in [3.05, 3.63) is 66.2 Å². The molecule has 0 spiro atoms. The number of likely N-dealkylation sites (tertiary alicyclic amines) is 1. The molecule has 2 aliphatic rings. The fraction of sp³-hybridized carbons (Fsp3) is 0.391. The molecule has 0 radical (unpaired) electrons. The number of carbonyl (C=O) groups is 2. The Morgan fingerprint density at radius 2 is 1.55 bits per heavy atom. The number of fused-ring (bicyclic) bond motifs is 1. The van der Waals surface area contributed by atoms with Gasteiger partial charge in [-0.15, -0.1) is 0 Å². The molecule has 2 heterocycles. The van der Waals surface area contributed by atoms with Gasteiger partial charge in [0.2, 0.25) is 5.91 Å². The largest absolute Gasteiger partial charge is 0.453 e. The average molecular weight is 393 g/mol. The molecule has 2 amide bonds. The van der Waals surface area contributed by atoms with Gasteiger partial charge in [-0.2, -0.15) is 0 Å². The van der Waals surface area contributed by atoms with Gasteiger partial charge in [-0.05, 0) is 17.7 Å². The quantitative estimate of drug-likeness (QED) is 0.848. The highest BCUT2D eigenvalue weighted by molar-refractivity contribution is 5.86. The van der Waals surface area contributed by atoms with Crippen LogP contribution in [0.15, 0.2) is 60.7 Å². The third-order valence-electron chi connectivity index (χ3n) is 5.98. The maximum atomic E-state index is 13.2. The van der Waals surface area contributed by atoms with E-state index in [1.54, 1.807) is 0 Å². The number of hydrogen-bond donors (Lipinski definition) is 1. The number of alkyl carbamates (subject to hydrolysis) is 1. The van der Waals surface area contributed by atoms with Crippen LogP contribution in [0.5, 0.6) is 0 Å². The monoisotopic (exact) mass is 393 g/mol. The lowest BCUT2D eigenvalue weighted by molar-refractivity contribution is -0.132. The molecule has 2 aromatic carbocycles. The number of carbonyl (C=O) groups excluding carboxylic acids is 2. The van der Waals surface area contributed by atoms with E-state index in [1.165, 1.54) is 12.8 Å². The number of methoxy groups -OCH3 is 1. The van der Waals surface area contributed by atoms with Crippen LogP contribution >= 0.6 is 0 Å². The van der Waals surface area contributed by atoms with Crippen LogP contribution in [0.3, 0.4) is 0 Å². The Bertz CT molecular complexity index is 829. The molecule has 0 aliphatic carbocycles. The van der Waals surface area contributed by atoms with Gasteiger partial charge in [0, 0.05) is 50.1 Å². The first kappa shape index (κ1) is 19.3. The Kier molecular flexibility index (Phi) is 5.69. The maximum absolute atomic E-state index is 13.2. The van der Waals surface area contributed by atoms with Crippen molar-refractivity contribution in [3.8, 4) is 0 Å². The van der Waals surface area contributed by atoms with Crippen molar-refractivity contribution in [2.45, 2.75) is 12.5 Å². The minimum atomic E-state index is -0.617. The number of amides is 2. The van der Waals surface area contributed by atoms with Crippen molar-refractivity contribution in [1.82, 2.24) is 10.2 Å². The van der Waals surface area contributed by atoms with E-state index in [-0.39, 0.29) is 5.91 Å². The normalized spacial score (nSPS) is 21.6. The van der Waals surface area contributed by atoms with Crippen LogP contribution in [-0.2, 0) is 16.0 Å². The predicted molar refractivity (Wildman–Crippen MR) is 112 cm³/mol. The standard InChI is InChI=1S/C23H27N3O3/c1-29-23(28)24-21(12-17-8-4-2-5-9-17)22(27)26-15-18-13-25(14-19(18)16-26)20-10-6-3-7-11-20/h2-11,18-19,21H,12-16H2,1H3,(H,24,28). The Labute approximate surface area is 171 Å². The second-order valence-corrected chi connectivity index (χ2v) is 7.88. The van der Waals surface area contributed by atoms with Crippen LogP contribution in [0.4, 0.5) is 10.5 Å². The highest BCUT2D eigenvalue weighted by Gasteiger charge is 2.43. The smallest absolute Gasteiger partial charge is 0.407 e. The molecule has 3 unspecified atom stereocenters. The molecular weight excluding hydrogens is 366 g/mol. The van der Waals surface area contributed by atoms with E-state index in [9.17, 15) is 9.59 Å². The molecule has 29 heavy (non-hydrogen) atoms. The van der Waals surface area contributed by atoms with Gasteiger partial charge in [-0.3, -0.25) is 4.79 Å². The first-order chi connectivity index (χ1) is 14.1.